The number of nitrogens with one attached hydrogen (secondary N) is 1. The molecule has 0 bridgehead atoms. The topological polar surface area (TPSA) is 83.1 Å². The number of rotatable bonds is 3. The van der Waals surface area contributed by atoms with Crippen LogP contribution in [0.2, 0.25) is 0 Å². The minimum atomic E-state index is -3.51. The van der Waals surface area contributed by atoms with Gasteiger partial charge in [0.05, 0.1) is 11.3 Å². The highest BCUT2D eigenvalue weighted by Crippen LogP contribution is 2.18. The van der Waals surface area contributed by atoms with Gasteiger partial charge in [-0.05, 0) is 19.4 Å². The molecule has 0 saturated carbocycles. The lowest BCUT2D eigenvalue weighted by Gasteiger charge is -2.27. The van der Waals surface area contributed by atoms with Crippen LogP contribution in [0.3, 0.4) is 0 Å². The Morgan fingerprint density at radius 3 is 2.50 bits per heavy atom. The first-order valence-electron chi connectivity index (χ1n) is 7.84. The van der Waals surface area contributed by atoms with E-state index in [0.717, 1.165) is 19.3 Å². The molecule has 6 nitrogen and oxygen atoms in total. The molecule has 7 heteroatoms. The van der Waals surface area contributed by atoms with Gasteiger partial charge in [0.25, 0.3) is 5.56 Å². The van der Waals surface area contributed by atoms with Gasteiger partial charge in [0.1, 0.15) is 0 Å². The van der Waals surface area contributed by atoms with E-state index in [1.165, 1.54) is 16.7 Å². The van der Waals surface area contributed by atoms with Crippen molar-refractivity contribution >= 4 is 9.84 Å². The number of hydrogen-bond donors (Lipinski definition) is 1. The summed E-state index contributed by atoms with van der Waals surface area (Å²) in [5.74, 6) is 0. The average molecular weight is 347 g/mol. The zero-order chi connectivity index (χ0) is 17.5. The van der Waals surface area contributed by atoms with Crippen LogP contribution in [-0.4, -0.2) is 36.1 Å². The van der Waals surface area contributed by atoms with Crippen molar-refractivity contribution in [1.82, 2.24) is 14.9 Å². The van der Waals surface area contributed by atoms with Gasteiger partial charge in [0, 0.05) is 32.3 Å². The first-order chi connectivity index (χ1) is 11.2. The highest BCUT2D eigenvalue weighted by Gasteiger charge is 2.23. The molecule has 0 aliphatic carbocycles. The molecular formula is C17H21N3O3S. The van der Waals surface area contributed by atoms with Crippen molar-refractivity contribution in [2.24, 2.45) is 0 Å². The van der Waals surface area contributed by atoms with E-state index in [2.05, 4.69) is 46.9 Å². The van der Waals surface area contributed by atoms with Crippen LogP contribution in [-0.2, 0) is 29.3 Å². The molecule has 0 fully saturated rings. The number of hydrogen-bond acceptors (Lipinski definition) is 5. The molecule has 2 heterocycles. The van der Waals surface area contributed by atoms with Crippen molar-refractivity contribution < 1.29 is 8.42 Å². The first kappa shape index (κ1) is 16.9. The summed E-state index contributed by atoms with van der Waals surface area (Å²) in [7, 11) is -3.51. The van der Waals surface area contributed by atoms with Gasteiger partial charge in [-0.1, -0.05) is 29.3 Å². The van der Waals surface area contributed by atoms with Gasteiger partial charge in [-0.15, -0.1) is 0 Å². The maximum Gasteiger partial charge on any atom is 0.256 e. The number of sulfone groups is 1. The lowest BCUT2D eigenvalue weighted by Crippen LogP contribution is -2.36. The van der Waals surface area contributed by atoms with E-state index in [0.29, 0.717) is 24.2 Å². The number of aromatic amines is 1. The molecule has 0 spiro atoms. The summed E-state index contributed by atoms with van der Waals surface area (Å²) in [5.41, 5.74) is 4.46. The fourth-order valence-corrected chi connectivity index (χ4v) is 3.74. The third-order valence-electron chi connectivity index (χ3n) is 4.16. The van der Waals surface area contributed by atoms with Gasteiger partial charge in [-0.25, -0.2) is 13.4 Å². The summed E-state index contributed by atoms with van der Waals surface area (Å²) < 4.78 is 23.2. The van der Waals surface area contributed by atoms with Crippen LogP contribution >= 0.6 is 0 Å². The van der Waals surface area contributed by atoms with E-state index in [9.17, 15) is 13.2 Å². The third kappa shape index (κ3) is 3.57. The number of aryl methyl sites for hydroxylation is 2. The molecule has 1 aliphatic rings. The van der Waals surface area contributed by atoms with Gasteiger partial charge in [0.15, 0.2) is 0 Å². The summed E-state index contributed by atoms with van der Waals surface area (Å²) in [5, 5.41) is -0.242. The first-order valence-corrected chi connectivity index (χ1v) is 9.73. The smallest absolute Gasteiger partial charge is 0.256 e. The van der Waals surface area contributed by atoms with Crippen LogP contribution < -0.4 is 5.56 Å². The van der Waals surface area contributed by atoms with Gasteiger partial charge >= 0.3 is 0 Å². The molecule has 1 aromatic carbocycles. The van der Waals surface area contributed by atoms with Crippen LogP contribution in [0.1, 0.15) is 27.9 Å². The molecule has 0 saturated heterocycles. The molecule has 24 heavy (non-hydrogen) atoms. The van der Waals surface area contributed by atoms with Gasteiger partial charge in [0.2, 0.25) is 15.0 Å². The predicted octanol–water partition coefficient (Wildman–Crippen LogP) is 1.35. The molecule has 128 valence electrons. The number of H-pyrrole nitrogens is 1. The van der Waals surface area contributed by atoms with Crippen molar-refractivity contribution in [3.63, 3.8) is 0 Å². The van der Waals surface area contributed by atoms with E-state index in [1.54, 1.807) is 0 Å². The Kier molecular flexibility index (Phi) is 4.31. The van der Waals surface area contributed by atoms with Gasteiger partial charge < -0.3 is 0 Å². The molecule has 1 aromatic heterocycles. The van der Waals surface area contributed by atoms with E-state index < -0.39 is 9.84 Å². The standard InChI is InChI=1S/C17H21N3O3S/c1-11-6-12(2)8-13(7-11)9-20-5-4-15-14(10-20)16(21)19-17(18-15)24(3,22)23/h6-8H,4-5,9-10H2,1-3H3,(H,18,19,21). The molecule has 1 N–H and O–H groups in total. The Morgan fingerprint density at radius 2 is 1.88 bits per heavy atom. The Hall–Kier alpha value is -1.99. The molecular weight excluding hydrogens is 326 g/mol. The Bertz CT molecular complexity index is 928. The number of aromatic nitrogens is 2. The van der Waals surface area contributed by atoms with Crippen LogP contribution in [0, 0.1) is 13.8 Å². The van der Waals surface area contributed by atoms with Crippen LogP contribution in [0.25, 0.3) is 0 Å². The largest absolute Gasteiger partial charge is 0.297 e. The van der Waals surface area contributed by atoms with Crippen LogP contribution in [0.5, 0.6) is 0 Å². The second kappa shape index (κ2) is 6.14. The second-order valence-electron chi connectivity index (χ2n) is 6.53. The minimum absolute atomic E-state index is 0.242. The molecule has 3 rings (SSSR count). The Balaban J connectivity index is 1.86. The molecule has 0 radical (unpaired) electrons. The molecule has 0 amide bonds. The highest BCUT2D eigenvalue weighted by atomic mass is 32.2. The molecule has 2 aromatic rings. The average Bonchev–Trinajstić information content (AvgIpc) is 2.45. The maximum absolute atomic E-state index is 12.3. The summed E-state index contributed by atoms with van der Waals surface area (Å²) in [4.78, 5) is 21.0. The van der Waals surface area contributed by atoms with Gasteiger partial charge in [-0.3, -0.25) is 14.7 Å². The zero-order valence-corrected chi connectivity index (χ0v) is 14.9. The monoisotopic (exact) mass is 347 g/mol. The third-order valence-corrected chi connectivity index (χ3v) is 5.06. The van der Waals surface area contributed by atoms with E-state index in [4.69, 9.17) is 0 Å². The van der Waals surface area contributed by atoms with Crippen molar-refractivity contribution in [1.29, 1.82) is 0 Å². The van der Waals surface area contributed by atoms with Crippen molar-refractivity contribution in [3.05, 3.63) is 56.5 Å². The highest BCUT2D eigenvalue weighted by molar-refractivity contribution is 7.90. The van der Waals surface area contributed by atoms with Crippen molar-refractivity contribution in [3.8, 4) is 0 Å². The molecule has 0 atom stereocenters. The summed E-state index contributed by atoms with van der Waals surface area (Å²) in [6, 6.07) is 6.44. The van der Waals surface area contributed by atoms with Gasteiger partial charge in [-0.2, -0.15) is 0 Å². The maximum atomic E-state index is 12.3. The van der Waals surface area contributed by atoms with Crippen molar-refractivity contribution in [2.75, 3.05) is 12.8 Å². The van der Waals surface area contributed by atoms with E-state index >= 15 is 0 Å². The predicted molar refractivity (Wildman–Crippen MR) is 91.7 cm³/mol. The fraction of sp³-hybridized carbons (Fsp3) is 0.412. The van der Waals surface area contributed by atoms with Crippen molar-refractivity contribution in [2.45, 2.75) is 38.5 Å². The van der Waals surface area contributed by atoms with E-state index in [-0.39, 0.29) is 10.7 Å². The quantitative estimate of drug-likeness (QED) is 0.848. The lowest BCUT2D eigenvalue weighted by atomic mass is 10.0. The summed E-state index contributed by atoms with van der Waals surface area (Å²) in [6.45, 7) is 6.14. The number of fused-ring (bicyclic) bond motifs is 1. The van der Waals surface area contributed by atoms with Crippen LogP contribution in [0.4, 0.5) is 0 Å². The number of benzene rings is 1. The van der Waals surface area contributed by atoms with Crippen LogP contribution in [0.15, 0.2) is 28.2 Å². The normalized spacial score (nSPS) is 15.3. The molecule has 0 unspecified atom stereocenters. The van der Waals surface area contributed by atoms with E-state index in [1.807, 2.05) is 0 Å². The Labute approximate surface area is 141 Å². The lowest BCUT2D eigenvalue weighted by molar-refractivity contribution is 0.240. The fourth-order valence-electron chi connectivity index (χ4n) is 3.19. The zero-order valence-electron chi connectivity index (χ0n) is 14.1. The SMILES string of the molecule is Cc1cc(C)cc(CN2CCc3nc(S(C)(=O)=O)[nH]c(=O)c3C2)c1. The Morgan fingerprint density at radius 1 is 1.21 bits per heavy atom. The summed E-state index contributed by atoms with van der Waals surface area (Å²) in [6.07, 6.45) is 1.62. The molecule has 1 aliphatic heterocycles. The second-order valence-corrected chi connectivity index (χ2v) is 8.46. The minimum Gasteiger partial charge on any atom is -0.297 e. The number of nitrogens with zero attached hydrogens (tertiary/aromatic N) is 2. The summed E-state index contributed by atoms with van der Waals surface area (Å²) >= 11 is 0.